The van der Waals surface area contributed by atoms with Crippen LogP contribution >= 0.6 is 0 Å². The molecule has 0 unspecified atom stereocenters. The maximum absolute atomic E-state index is 2.45. The average Bonchev–Trinajstić information content (AvgIpc) is 3.12. The summed E-state index contributed by atoms with van der Waals surface area (Å²) < 4.78 is 0. The van der Waals surface area contributed by atoms with Crippen molar-refractivity contribution < 1.29 is 0 Å². The number of benzene rings is 7. The Labute approximate surface area is 264 Å². The van der Waals surface area contributed by atoms with Gasteiger partial charge < -0.3 is 9.80 Å². The van der Waals surface area contributed by atoms with Crippen LogP contribution in [0.5, 0.6) is 0 Å². The molecule has 2 nitrogen and oxygen atoms in total. The van der Waals surface area contributed by atoms with E-state index in [1.165, 1.54) is 56.1 Å². The molecule has 0 fully saturated rings. The normalized spacial score (nSPS) is 13.9. The van der Waals surface area contributed by atoms with Crippen LogP contribution < -0.4 is 9.80 Å². The van der Waals surface area contributed by atoms with E-state index in [0.717, 1.165) is 11.4 Å². The van der Waals surface area contributed by atoms with Crippen LogP contribution in [0.2, 0.25) is 0 Å². The Hall–Kier alpha value is -5.86. The van der Waals surface area contributed by atoms with Crippen LogP contribution in [0, 0.1) is 0 Å². The molecule has 0 atom stereocenters. The fourth-order valence-electron chi connectivity index (χ4n) is 7.64. The molecule has 1 spiro atoms. The number of rotatable bonds is 3. The first-order chi connectivity index (χ1) is 22.4. The predicted molar refractivity (Wildman–Crippen MR) is 187 cm³/mol. The summed E-state index contributed by atoms with van der Waals surface area (Å²) in [5.41, 5.74) is 14.1. The number of fused-ring (bicyclic) bond motifs is 8. The fourth-order valence-corrected chi connectivity index (χ4v) is 7.64. The van der Waals surface area contributed by atoms with Crippen molar-refractivity contribution in [3.05, 3.63) is 204 Å². The number of anilines is 6. The number of nitrogens with zero attached hydrogens (tertiary/aromatic N) is 2. The first-order valence-corrected chi connectivity index (χ1v) is 15.5. The lowest BCUT2D eigenvalue weighted by Crippen LogP contribution is -2.42. The Morgan fingerprint density at radius 2 is 0.667 bits per heavy atom. The zero-order chi connectivity index (χ0) is 29.8. The number of para-hydroxylation sites is 5. The van der Waals surface area contributed by atoms with Crippen LogP contribution in [0.3, 0.4) is 0 Å². The van der Waals surface area contributed by atoms with Gasteiger partial charge in [0.05, 0.1) is 28.2 Å². The van der Waals surface area contributed by atoms with Crippen molar-refractivity contribution in [1.29, 1.82) is 0 Å². The topological polar surface area (TPSA) is 6.48 Å². The van der Waals surface area contributed by atoms with E-state index in [0.29, 0.717) is 0 Å². The van der Waals surface area contributed by atoms with E-state index in [1.807, 2.05) is 0 Å². The molecule has 2 heterocycles. The Bertz CT molecular complexity index is 2070. The molecule has 7 aromatic rings. The molecule has 212 valence electrons. The van der Waals surface area contributed by atoms with Gasteiger partial charge in [-0.15, -0.1) is 0 Å². The van der Waals surface area contributed by atoms with Crippen LogP contribution in [-0.4, -0.2) is 0 Å². The van der Waals surface area contributed by atoms with Gasteiger partial charge >= 0.3 is 0 Å². The predicted octanol–water partition coefficient (Wildman–Crippen LogP) is 11.3. The highest BCUT2D eigenvalue weighted by Crippen LogP contribution is 2.64. The minimum atomic E-state index is -0.555. The minimum absolute atomic E-state index is 0.555. The van der Waals surface area contributed by atoms with E-state index < -0.39 is 5.41 Å². The Morgan fingerprint density at radius 3 is 1.13 bits per heavy atom. The van der Waals surface area contributed by atoms with Gasteiger partial charge in [0.2, 0.25) is 0 Å². The standard InChI is InChI=1S/C43H30N2/c1-4-16-31(17-5-1)32-28-29-42-38(30-32)43(37-24-12-15-27-41(37)45(42)34-20-8-3-9-21-34)35-22-10-13-25-39(35)44(33-18-6-2-7-19-33)40-26-14-11-23-36(40)43/h1-30H. The van der Waals surface area contributed by atoms with Crippen LogP contribution in [0.4, 0.5) is 34.1 Å². The van der Waals surface area contributed by atoms with Gasteiger partial charge in [-0.1, -0.05) is 127 Å². The molecule has 0 aliphatic carbocycles. The van der Waals surface area contributed by atoms with E-state index in [-0.39, 0.29) is 0 Å². The summed E-state index contributed by atoms with van der Waals surface area (Å²) in [7, 11) is 0. The van der Waals surface area contributed by atoms with Gasteiger partial charge in [0.25, 0.3) is 0 Å². The summed E-state index contributed by atoms with van der Waals surface area (Å²) >= 11 is 0. The molecule has 0 N–H and O–H groups in total. The summed E-state index contributed by atoms with van der Waals surface area (Å²) in [4.78, 5) is 4.88. The highest BCUT2D eigenvalue weighted by molar-refractivity contribution is 5.97. The first-order valence-electron chi connectivity index (χ1n) is 15.5. The molecular weight excluding hydrogens is 544 g/mol. The molecule has 0 saturated heterocycles. The van der Waals surface area contributed by atoms with Crippen molar-refractivity contribution in [3.63, 3.8) is 0 Å². The van der Waals surface area contributed by atoms with Gasteiger partial charge in [-0.3, -0.25) is 0 Å². The quantitative estimate of drug-likeness (QED) is 0.207. The van der Waals surface area contributed by atoms with Crippen molar-refractivity contribution in [1.82, 2.24) is 0 Å². The van der Waals surface area contributed by atoms with Crippen LogP contribution in [0.15, 0.2) is 182 Å². The van der Waals surface area contributed by atoms with Crippen LogP contribution in [-0.2, 0) is 5.41 Å². The van der Waals surface area contributed by atoms with E-state index >= 15 is 0 Å². The zero-order valence-electron chi connectivity index (χ0n) is 24.7. The number of hydrogen-bond acceptors (Lipinski definition) is 2. The molecule has 45 heavy (non-hydrogen) atoms. The average molecular weight is 575 g/mol. The molecule has 0 radical (unpaired) electrons. The summed E-state index contributed by atoms with van der Waals surface area (Å²) in [5.74, 6) is 0. The third kappa shape index (κ3) is 3.69. The summed E-state index contributed by atoms with van der Waals surface area (Å²) in [6.45, 7) is 0. The van der Waals surface area contributed by atoms with Crippen molar-refractivity contribution in [2.24, 2.45) is 0 Å². The molecule has 9 rings (SSSR count). The molecule has 2 aliphatic rings. The summed E-state index contributed by atoms with van der Waals surface area (Å²) in [6, 6.07) is 66.3. The van der Waals surface area contributed by atoms with Crippen LogP contribution in [0.1, 0.15) is 22.3 Å². The maximum Gasteiger partial charge on any atom is 0.0783 e. The fraction of sp³-hybridized carbons (Fsp3) is 0.0233. The molecule has 7 aromatic carbocycles. The molecule has 0 amide bonds. The first kappa shape index (κ1) is 25.6. The van der Waals surface area contributed by atoms with Gasteiger partial charge in [0.1, 0.15) is 0 Å². The smallest absolute Gasteiger partial charge is 0.0783 e. The Kier molecular flexibility index (Phi) is 5.76. The lowest BCUT2D eigenvalue weighted by molar-refractivity contribution is 0.719. The van der Waals surface area contributed by atoms with Gasteiger partial charge in [0.15, 0.2) is 0 Å². The van der Waals surface area contributed by atoms with Crippen molar-refractivity contribution in [3.8, 4) is 11.1 Å². The molecular formula is C43H30N2. The van der Waals surface area contributed by atoms with E-state index in [4.69, 9.17) is 0 Å². The lowest BCUT2D eigenvalue weighted by Gasteiger charge is -2.51. The van der Waals surface area contributed by atoms with Gasteiger partial charge in [-0.05, 0) is 88.0 Å². The SMILES string of the molecule is c1ccc(-c2ccc3c(c2)C2(c4ccccc4N(c4ccccc4)c4ccccc42)c2ccccc2N3c2ccccc2)cc1. The van der Waals surface area contributed by atoms with E-state index in [2.05, 4.69) is 192 Å². The van der Waals surface area contributed by atoms with Crippen molar-refractivity contribution >= 4 is 34.1 Å². The van der Waals surface area contributed by atoms with Crippen molar-refractivity contribution in [2.75, 3.05) is 9.80 Å². The lowest BCUT2D eigenvalue weighted by atomic mass is 9.60. The van der Waals surface area contributed by atoms with Gasteiger partial charge in [-0.2, -0.15) is 0 Å². The molecule has 2 heteroatoms. The monoisotopic (exact) mass is 574 g/mol. The summed E-state index contributed by atoms with van der Waals surface area (Å²) in [6.07, 6.45) is 0. The van der Waals surface area contributed by atoms with Crippen molar-refractivity contribution in [2.45, 2.75) is 5.41 Å². The third-order valence-electron chi connectivity index (χ3n) is 9.42. The highest BCUT2D eigenvalue weighted by atomic mass is 15.2. The second-order valence-corrected chi connectivity index (χ2v) is 11.7. The second kappa shape index (κ2) is 10.1. The highest BCUT2D eigenvalue weighted by Gasteiger charge is 2.51. The maximum atomic E-state index is 2.45. The number of hydrogen-bond donors (Lipinski definition) is 0. The minimum Gasteiger partial charge on any atom is -0.310 e. The second-order valence-electron chi connectivity index (χ2n) is 11.7. The van der Waals surface area contributed by atoms with E-state index in [9.17, 15) is 0 Å². The van der Waals surface area contributed by atoms with Gasteiger partial charge in [0, 0.05) is 11.4 Å². The molecule has 0 saturated carbocycles. The molecule has 0 aromatic heterocycles. The van der Waals surface area contributed by atoms with Gasteiger partial charge in [-0.25, -0.2) is 0 Å². The third-order valence-corrected chi connectivity index (χ3v) is 9.42. The molecule has 0 bridgehead atoms. The Morgan fingerprint density at radius 1 is 0.289 bits per heavy atom. The molecule has 2 aliphatic heterocycles. The Balaban J connectivity index is 1.45. The largest absolute Gasteiger partial charge is 0.310 e. The summed E-state index contributed by atoms with van der Waals surface area (Å²) in [5, 5.41) is 0. The zero-order valence-corrected chi connectivity index (χ0v) is 24.7. The van der Waals surface area contributed by atoms with E-state index in [1.54, 1.807) is 0 Å². The van der Waals surface area contributed by atoms with Crippen LogP contribution in [0.25, 0.3) is 11.1 Å².